The number of benzene rings is 2. The summed E-state index contributed by atoms with van der Waals surface area (Å²) in [6.45, 7) is 2.42. The van der Waals surface area contributed by atoms with Crippen LogP contribution < -0.4 is 5.32 Å². The van der Waals surface area contributed by atoms with E-state index in [-0.39, 0.29) is 41.8 Å². The molecule has 0 fully saturated rings. The fourth-order valence-corrected chi connectivity index (χ4v) is 3.12. The van der Waals surface area contributed by atoms with Crippen molar-refractivity contribution in [2.45, 2.75) is 19.9 Å². The molecule has 0 heterocycles. The Morgan fingerprint density at radius 1 is 1.19 bits per heavy atom. The topological polar surface area (TPSA) is 49.4 Å². The Bertz CT molecular complexity index is 848. The third-order valence-electron chi connectivity index (χ3n) is 3.90. The second-order valence-electron chi connectivity index (χ2n) is 5.77. The van der Waals surface area contributed by atoms with Crippen LogP contribution in [0.15, 0.2) is 40.9 Å². The maximum Gasteiger partial charge on any atom is 0.252 e. The first-order chi connectivity index (χ1) is 12.8. The molecule has 2 aromatic rings. The van der Waals surface area contributed by atoms with Crippen LogP contribution in [0.4, 0.5) is 8.78 Å². The summed E-state index contributed by atoms with van der Waals surface area (Å²) in [5.74, 6) is -1.63. The highest BCUT2D eigenvalue weighted by atomic mass is 79.9. The zero-order valence-electron chi connectivity index (χ0n) is 14.6. The van der Waals surface area contributed by atoms with Gasteiger partial charge in [-0.3, -0.25) is 9.59 Å². The van der Waals surface area contributed by atoms with Gasteiger partial charge in [0.15, 0.2) is 0 Å². The standard InChI is InChI=1S/C19H18BrClF2N2O2/c1-2-25(11-12-9-13(20)3-6-17(12)23)18(26)7-8-24-19(27)15-5-4-14(22)10-16(15)21/h3-6,9-10H,2,7-8,11H2,1H3,(H,24,27). The van der Waals surface area contributed by atoms with E-state index in [1.165, 1.54) is 17.0 Å². The lowest BCUT2D eigenvalue weighted by atomic mass is 10.2. The Morgan fingerprint density at radius 2 is 1.93 bits per heavy atom. The van der Waals surface area contributed by atoms with E-state index in [1.54, 1.807) is 19.1 Å². The number of hydrogen-bond donors (Lipinski definition) is 1. The molecule has 0 aliphatic rings. The van der Waals surface area contributed by atoms with E-state index >= 15 is 0 Å². The molecule has 0 aliphatic heterocycles. The normalized spacial score (nSPS) is 10.6. The van der Waals surface area contributed by atoms with Crippen LogP contribution >= 0.6 is 27.5 Å². The molecule has 144 valence electrons. The van der Waals surface area contributed by atoms with Crippen molar-refractivity contribution in [3.05, 3.63) is 68.7 Å². The van der Waals surface area contributed by atoms with E-state index in [0.29, 0.717) is 12.1 Å². The summed E-state index contributed by atoms with van der Waals surface area (Å²) in [5, 5.41) is 2.58. The highest BCUT2D eigenvalue weighted by Crippen LogP contribution is 2.18. The van der Waals surface area contributed by atoms with Crippen molar-refractivity contribution in [3.8, 4) is 0 Å². The van der Waals surface area contributed by atoms with Gasteiger partial charge in [-0.2, -0.15) is 0 Å². The SMILES string of the molecule is CCN(Cc1cc(Br)ccc1F)C(=O)CCNC(=O)c1ccc(F)cc1Cl. The van der Waals surface area contributed by atoms with E-state index in [0.717, 1.165) is 16.6 Å². The molecular formula is C19H18BrClF2N2O2. The smallest absolute Gasteiger partial charge is 0.252 e. The Morgan fingerprint density at radius 3 is 2.59 bits per heavy atom. The van der Waals surface area contributed by atoms with Crippen LogP contribution in [0.2, 0.25) is 5.02 Å². The minimum absolute atomic E-state index is 0.000795. The maximum atomic E-state index is 13.9. The molecule has 0 bridgehead atoms. The summed E-state index contributed by atoms with van der Waals surface area (Å²) in [7, 11) is 0. The monoisotopic (exact) mass is 458 g/mol. The van der Waals surface area contributed by atoms with Crippen molar-refractivity contribution in [2.24, 2.45) is 0 Å². The van der Waals surface area contributed by atoms with Crippen LogP contribution in [0.1, 0.15) is 29.3 Å². The summed E-state index contributed by atoms with van der Waals surface area (Å²) in [5.41, 5.74) is 0.538. The molecule has 27 heavy (non-hydrogen) atoms. The number of nitrogens with one attached hydrogen (secondary N) is 1. The quantitative estimate of drug-likeness (QED) is 0.660. The predicted octanol–water partition coefficient (Wildman–Crippen LogP) is 4.55. The van der Waals surface area contributed by atoms with Gasteiger partial charge >= 0.3 is 0 Å². The lowest BCUT2D eigenvalue weighted by Crippen LogP contribution is -2.34. The lowest BCUT2D eigenvalue weighted by molar-refractivity contribution is -0.131. The van der Waals surface area contributed by atoms with Crippen LogP contribution in [0, 0.1) is 11.6 Å². The van der Waals surface area contributed by atoms with E-state index in [2.05, 4.69) is 21.2 Å². The summed E-state index contributed by atoms with van der Waals surface area (Å²) < 4.78 is 27.6. The van der Waals surface area contributed by atoms with Crippen LogP contribution in [0.25, 0.3) is 0 Å². The average molecular weight is 460 g/mol. The zero-order valence-corrected chi connectivity index (χ0v) is 16.9. The number of rotatable bonds is 7. The molecule has 2 amide bonds. The Balaban J connectivity index is 1.91. The molecule has 2 aromatic carbocycles. The minimum atomic E-state index is -0.537. The molecule has 0 aromatic heterocycles. The van der Waals surface area contributed by atoms with Crippen LogP contribution in [0.3, 0.4) is 0 Å². The predicted molar refractivity (Wildman–Crippen MR) is 104 cm³/mol. The van der Waals surface area contributed by atoms with Gasteiger partial charge in [0, 0.05) is 36.1 Å². The average Bonchev–Trinajstić information content (AvgIpc) is 2.62. The molecule has 0 saturated carbocycles. The fraction of sp³-hybridized carbons (Fsp3) is 0.263. The van der Waals surface area contributed by atoms with Gasteiger partial charge in [0.2, 0.25) is 5.91 Å². The Labute approximate surface area is 169 Å². The van der Waals surface area contributed by atoms with E-state index in [1.807, 2.05) is 0 Å². The van der Waals surface area contributed by atoms with E-state index < -0.39 is 11.7 Å². The van der Waals surface area contributed by atoms with Crippen LogP contribution in [-0.4, -0.2) is 29.8 Å². The van der Waals surface area contributed by atoms with Crippen molar-refractivity contribution in [3.63, 3.8) is 0 Å². The number of hydrogen-bond acceptors (Lipinski definition) is 2. The molecule has 0 spiro atoms. The summed E-state index contributed by atoms with van der Waals surface area (Å²) in [4.78, 5) is 25.9. The first-order valence-corrected chi connectivity index (χ1v) is 9.44. The number of amides is 2. The first kappa shape index (κ1) is 21.3. The highest BCUT2D eigenvalue weighted by Gasteiger charge is 2.16. The summed E-state index contributed by atoms with van der Waals surface area (Å²) >= 11 is 9.12. The highest BCUT2D eigenvalue weighted by molar-refractivity contribution is 9.10. The first-order valence-electron chi connectivity index (χ1n) is 8.26. The molecule has 8 heteroatoms. The molecule has 2 rings (SSSR count). The Hall–Kier alpha value is -1.99. The van der Waals surface area contributed by atoms with Gasteiger partial charge in [0.05, 0.1) is 10.6 Å². The van der Waals surface area contributed by atoms with Gasteiger partial charge in [0.25, 0.3) is 5.91 Å². The molecule has 0 aliphatic carbocycles. The number of carbonyl (C=O) groups is 2. The maximum absolute atomic E-state index is 13.9. The second kappa shape index (κ2) is 9.80. The van der Waals surface area contributed by atoms with Gasteiger partial charge in [0.1, 0.15) is 11.6 Å². The molecule has 0 saturated heterocycles. The molecule has 0 unspecified atom stereocenters. The van der Waals surface area contributed by atoms with Crippen molar-refractivity contribution < 1.29 is 18.4 Å². The van der Waals surface area contributed by atoms with Gasteiger partial charge in [-0.05, 0) is 43.3 Å². The zero-order chi connectivity index (χ0) is 20.0. The second-order valence-corrected chi connectivity index (χ2v) is 7.10. The van der Waals surface area contributed by atoms with E-state index in [9.17, 15) is 18.4 Å². The van der Waals surface area contributed by atoms with Gasteiger partial charge in [-0.25, -0.2) is 8.78 Å². The number of halogens is 4. The minimum Gasteiger partial charge on any atom is -0.351 e. The van der Waals surface area contributed by atoms with Gasteiger partial charge in [-0.15, -0.1) is 0 Å². The lowest BCUT2D eigenvalue weighted by Gasteiger charge is -2.21. The van der Waals surface area contributed by atoms with Crippen molar-refractivity contribution in [1.29, 1.82) is 0 Å². The fourth-order valence-electron chi connectivity index (χ4n) is 2.46. The van der Waals surface area contributed by atoms with Crippen molar-refractivity contribution in [2.75, 3.05) is 13.1 Å². The molecule has 0 radical (unpaired) electrons. The van der Waals surface area contributed by atoms with Crippen molar-refractivity contribution in [1.82, 2.24) is 10.2 Å². The summed E-state index contributed by atoms with van der Waals surface area (Å²) in [6.07, 6.45) is 0.0496. The molecule has 1 N–H and O–H groups in total. The molecular weight excluding hydrogens is 442 g/mol. The molecule has 0 atom stereocenters. The van der Waals surface area contributed by atoms with Crippen LogP contribution in [0.5, 0.6) is 0 Å². The summed E-state index contributed by atoms with van der Waals surface area (Å²) in [6, 6.07) is 8.02. The van der Waals surface area contributed by atoms with Gasteiger partial charge in [-0.1, -0.05) is 27.5 Å². The third kappa shape index (κ3) is 6.01. The van der Waals surface area contributed by atoms with Crippen LogP contribution in [-0.2, 0) is 11.3 Å². The largest absolute Gasteiger partial charge is 0.351 e. The Kier molecular flexibility index (Phi) is 7.74. The number of nitrogens with zero attached hydrogens (tertiary/aromatic N) is 1. The molecule has 4 nitrogen and oxygen atoms in total. The number of carbonyl (C=O) groups excluding carboxylic acids is 2. The van der Waals surface area contributed by atoms with Crippen molar-refractivity contribution >= 4 is 39.3 Å². The van der Waals surface area contributed by atoms with E-state index in [4.69, 9.17) is 11.6 Å². The van der Waals surface area contributed by atoms with Gasteiger partial charge < -0.3 is 10.2 Å². The third-order valence-corrected chi connectivity index (χ3v) is 4.71.